The molecule has 2 aromatic rings. The van der Waals surface area contributed by atoms with Crippen LogP contribution in [0.4, 0.5) is 11.4 Å². The zero-order chi connectivity index (χ0) is 17.4. The summed E-state index contributed by atoms with van der Waals surface area (Å²) < 4.78 is 0. The van der Waals surface area contributed by atoms with Crippen LogP contribution in [0.3, 0.4) is 0 Å². The van der Waals surface area contributed by atoms with Gasteiger partial charge in [0, 0.05) is 37.2 Å². The van der Waals surface area contributed by atoms with Gasteiger partial charge in [0.05, 0.1) is 5.92 Å². The maximum absolute atomic E-state index is 13.0. The van der Waals surface area contributed by atoms with Crippen molar-refractivity contribution in [3.63, 3.8) is 0 Å². The van der Waals surface area contributed by atoms with Crippen molar-refractivity contribution in [2.75, 3.05) is 29.4 Å². The molecular formula is C19H20N4O2. The summed E-state index contributed by atoms with van der Waals surface area (Å²) in [6, 6.07) is 11.7. The first-order valence-electron chi connectivity index (χ1n) is 8.53. The van der Waals surface area contributed by atoms with Gasteiger partial charge in [-0.3, -0.25) is 14.6 Å². The van der Waals surface area contributed by atoms with E-state index < -0.39 is 5.91 Å². The Bertz CT molecular complexity index is 836. The molecule has 1 atom stereocenters. The van der Waals surface area contributed by atoms with Gasteiger partial charge in [-0.25, -0.2) is 0 Å². The first-order valence-corrected chi connectivity index (χ1v) is 8.53. The minimum atomic E-state index is -0.539. The number of para-hydroxylation sites is 1. The monoisotopic (exact) mass is 336 g/mol. The quantitative estimate of drug-likeness (QED) is 0.923. The second kappa shape index (κ2) is 6.20. The van der Waals surface area contributed by atoms with Gasteiger partial charge in [-0.2, -0.15) is 0 Å². The molecule has 1 aromatic carbocycles. The number of rotatable bonds is 3. The Morgan fingerprint density at radius 2 is 2.00 bits per heavy atom. The van der Waals surface area contributed by atoms with Crippen LogP contribution in [0.15, 0.2) is 42.6 Å². The fourth-order valence-electron chi connectivity index (χ4n) is 3.73. The molecule has 0 bridgehead atoms. The molecule has 128 valence electrons. The first-order chi connectivity index (χ1) is 12.1. The molecule has 0 aliphatic carbocycles. The second-order valence-electron chi connectivity index (χ2n) is 6.56. The number of pyridine rings is 1. The standard InChI is InChI=1S/C19H20N4O2/c20-18(24)16-11-15(5-8-21-16)22-9-6-14(12-22)19(25)23-10-7-13-3-1-2-4-17(13)23/h1-5,8,11,14H,6-7,9-10,12H2,(H2,20,24). The lowest BCUT2D eigenvalue weighted by molar-refractivity contribution is -0.121. The lowest BCUT2D eigenvalue weighted by Gasteiger charge is -2.22. The lowest BCUT2D eigenvalue weighted by atomic mass is 10.1. The van der Waals surface area contributed by atoms with E-state index in [2.05, 4.69) is 16.0 Å². The van der Waals surface area contributed by atoms with E-state index >= 15 is 0 Å². The van der Waals surface area contributed by atoms with Gasteiger partial charge in [0.1, 0.15) is 5.69 Å². The third-order valence-electron chi connectivity index (χ3n) is 5.05. The number of carbonyl (C=O) groups excluding carboxylic acids is 2. The summed E-state index contributed by atoms with van der Waals surface area (Å²) in [6.45, 7) is 2.20. The van der Waals surface area contributed by atoms with Gasteiger partial charge in [-0.05, 0) is 36.6 Å². The molecule has 0 saturated carbocycles. The molecule has 1 saturated heterocycles. The van der Waals surface area contributed by atoms with Gasteiger partial charge in [0.25, 0.3) is 5.91 Å². The van der Waals surface area contributed by atoms with Gasteiger partial charge in [-0.1, -0.05) is 18.2 Å². The summed E-state index contributed by atoms with van der Waals surface area (Å²) >= 11 is 0. The van der Waals surface area contributed by atoms with Crippen LogP contribution >= 0.6 is 0 Å². The number of fused-ring (bicyclic) bond motifs is 1. The number of hydrogen-bond acceptors (Lipinski definition) is 4. The average Bonchev–Trinajstić information content (AvgIpc) is 3.29. The number of benzene rings is 1. The highest BCUT2D eigenvalue weighted by molar-refractivity contribution is 5.97. The highest BCUT2D eigenvalue weighted by Gasteiger charge is 2.34. The number of aromatic nitrogens is 1. The lowest BCUT2D eigenvalue weighted by Crippen LogP contribution is -2.36. The summed E-state index contributed by atoms with van der Waals surface area (Å²) in [5.41, 5.74) is 8.73. The van der Waals surface area contributed by atoms with E-state index in [1.807, 2.05) is 29.2 Å². The van der Waals surface area contributed by atoms with Crippen LogP contribution in [0.25, 0.3) is 0 Å². The van der Waals surface area contributed by atoms with Gasteiger partial charge in [-0.15, -0.1) is 0 Å². The van der Waals surface area contributed by atoms with E-state index in [0.29, 0.717) is 6.54 Å². The molecule has 0 spiro atoms. The van der Waals surface area contributed by atoms with Crippen molar-refractivity contribution in [1.29, 1.82) is 0 Å². The molecule has 1 fully saturated rings. The summed E-state index contributed by atoms with van der Waals surface area (Å²) in [5, 5.41) is 0. The molecule has 4 rings (SSSR count). The smallest absolute Gasteiger partial charge is 0.267 e. The van der Waals surface area contributed by atoms with Crippen molar-refractivity contribution in [3.8, 4) is 0 Å². The predicted octanol–water partition coefficient (Wildman–Crippen LogP) is 1.60. The third kappa shape index (κ3) is 2.84. The van der Waals surface area contributed by atoms with E-state index in [-0.39, 0.29) is 17.5 Å². The predicted molar refractivity (Wildman–Crippen MR) is 95.6 cm³/mol. The van der Waals surface area contributed by atoms with E-state index in [1.165, 1.54) is 5.56 Å². The Hall–Kier alpha value is -2.89. The Morgan fingerprint density at radius 3 is 2.84 bits per heavy atom. The summed E-state index contributed by atoms with van der Waals surface area (Å²) in [4.78, 5) is 32.3. The van der Waals surface area contributed by atoms with Gasteiger partial charge >= 0.3 is 0 Å². The first kappa shape index (κ1) is 15.6. The molecule has 6 nitrogen and oxygen atoms in total. The maximum atomic E-state index is 13.0. The number of hydrogen-bond donors (Lipinski definition) is 1. The molecule has 2 amide bonds. The summed E-state index contributed by atoms with van der Waals surface area (Å²) in [5.74, 6) is -0.379. The second-order valence-corrected chi connectivity index (χ2v) is 6.56. The van der Waals surface area contributed by atoms with Gasteiger partial charge in [0.15, 0.2) is 0 Å². The van der Waals surface area contributed by atoms with Crippen LogP contribution in [0.1, 0.15) is 22.5 Å². The number of anilines is 2. The van der Waals surface area contributed by atoms with E-state index in [9.17, 15) is 9.59 Å². The largest absolute Gasteiger partial charge is 0.371 e. The molecule has 2 aliphatic heterocycles. The number of nitrogens with zero attached hydrogens (tertiary/aromatic N) is 3. The van der Waals surface area contributed by atoms with Crippen molar-refractivity contribution < 1.29 is 9.59 Å². The van der Waals surface area contributed by atoms with Crippen molar-refractivity contribution >= 4 is 23.2 Å². The van der Waals surface area contributed by atoms with Crippen LogP contribution in [0.2, 0.25) is 0 Å². The Balaban J connectivity index is 1.49. The maximum Gasteiger partial charge on any atom is 0.267 e. The Kier molecular flexibility index (Phi) is 3.87. The van der Waals surface area contributed by atoms with Crippen molar-refractivity contribution in [3.05, 3.63) is 53.9 Å². The van der Waals surface area contributed by atoms with Crippen molar-refractivity contribution in [2.45, 2.75) is 12.8 Å². The molecular weight excluding hydrogens is 316 g/mol. The van der Waals surface area contributed by atoms with E-state index in [4.69, 9.17) is 5.73 Å². The van der Waals surface area contributed by atoms with Crippen molar-refractivity contribution in [1.82, 2.24) is 4.98 Å². The van der Waals surface area contributed by atoms with E-state index in [1.54, 1.807) is 12.3 Å². The SMILES string of the molecule is NC(=O)c1cc(N2CCC(C(=O)N3CCc4ccccc43)C2)ccn1. The van der Waals surface area contributed by atoms with Crippen LogP contribution in [-0.2, 0) is 11.2 Å². The number of primary amides is 1. The fourth-order valence-corrected chi connectivity index (χ4v) is 3.73. The zero-order valence-corrected chi connectivity index (χ0v) is 13.9. The Labute approximate surface area is 146 Å². The molecule has 6 heteroatoms. The van der Waals surface area contributed by atoms with Gasteiger partial charge in [0.2, 0.25) is 5.91 Å². The third-order valence-corrected chi connectivity index (χ3v) is 5.05. The van der Waals surface area contributed by atoms with Crippen LogP contribution < -0.4 is 15.5 Å². The number of nitrogens with two attached hydrogens (primary N) is 1. The molecule has 25 heavy (non-hydrogen) atoms. The van der Waals surface area contributed by atoms with E-state index in [0.717, 1.165) is 37.3 Å². The Morgan fingerprint density at radius 1 is 1.16 bits per heavy atom. The molecule has 2 N–H and O–H groups in total. The molecule has 1 aromatic heterocycles. The van der Waals surface area contributed by atoms with Gasteiger partial charge < -0.3 is 15.5 Å². The van der Waals surface area contributed by atoms with Crippen LogP contribution in [-0.4, -0.2) is 36.4 Å². The topological polar surface area (TPSA) is 79.5 Å². The zero-order valence-electron chi connectivity index (χ0n) is 13.9. The fraction of sp³-hybridized carbons (Fsp3) is 0.316. The van der Waals surface area contributed by atoms with Crippen molar-refractivity contribution in [2.24, 2.45) is 11.7 Å². The summed E-state index contributed by atoms with van der Waals surface area (Å²) in [7, 11) is 0. The molecule has 1 unspecified atom stereocenters. The number of amides is 2. The summed E-state index contributed by atoms with van der Waals surface area (Å²) in [6.07, 6.45) is 3.32. The minimum absolute atomic E-state index is 0.0312. The normalized spacial score (nSPS) is 19.1. The molecule has 3 heterocycles. The average molecular weight is 336 g/mol. The number of carbonyl (C=O) groups is 2. The minimum Gasteiger partial charge on any atom is -0.371 e. The molecule has 2 aliphatic rings. The van der Waals surface area contributed by atoms with Crippen LogP contribution in [0.5, 0.6) is 0 Å². The highest BCUT2D eigenvalue weighted by Crippen LogP contribution is 2.31. The molecule has 0 radical (unpaired) electrons. The highest BCUT2D eigenvalue weighted by atomic mass is 16.2. The van der Waals surface area contributed by atoms with Crippen LogP contribution in [0, 0.1) is 5.92 Å².